The molecule has 0 unspecified atom stereocenters. The Morgan fingerprint density at radius 2 is 2.18 bits per heavy atom. The van der Waals surface area contributed by atoms with E-state index in [2.05, 4.69) is 0 Å². The van der Waals surface area contributed by atoms with Crippen molar-refractivity contribution in [1.29, 1.82) is 0 Å². The van der Waals surface area contributed by atoms with Gasteiger partial charge in [0.1, 0.15) is 0 Å². The fraction of sp³-hybridized carbons (Fsp3) is 0.333. The summed E-state index contributed by atoms with van der Waals surface area (Å²) in [5.74, 6) is 0. The zero-order valence-corrected chi connectivity index (χ0v) is 6.04. The Balaban J connectivity index is 3.00. The molecule has 0 aliphatic rings. The molecule has 0 spiro atoms. The van der Waals surface area contributed by atoms with Gasteiger partial charge in [0.25, 0.3) is 0 Å². The number of benzene rings is 1. The van der Waals surface area contributed by atoms with Gasteiger partial charge < -0.3 is 10.6 Å². The number of nitrogens with zero attached hydrogens (tertiary/aromatic N) is 1. The Bertz CT molecular complexity index is 370. The molecule has 0 radical (unpaired) electrons. The average molecular weight is 156 g/mol. The molecule has 0 aromatic heterocycles. The summed E-state index contributed by atoms with van der Waals surface area (Å²) in [6.07, 6.45) is 0. The van der Waals surface area contributed by atoms with Crippen LogP contribution in [0, 0.1) is 0 Å². The highest BCUT2D eigenvalue weighted by Gasteiger charge is 1.97. The van der Waals surface area contributed by atoms with Crippen molar-refractivity contribution < 1.29 is 8.22 Å². The lowest BCUT2D eigenvalue weighted by atomic mass is 10.2. The van der Waals surface area contributed by atoms with E-state index in [0.29, 0.717) is 16.2 Å². The minimum absolute atomic E-state index is 0.236. The first-order valence-corrected chi connectivity index (χ1v) is 3.23. The summed E-state index contributed by atoms with van der Waals surface area (Å²) in [7, 11) is 0. The van der Waals surface area contributed by atoms with Crippen molar-refractivity contribution in [1.82, 2.24) is 4.90 Å². The van der Waals surface area contributed by atoms with E-state index < -0.39 is 14.0 Å². The largest absolute Gasteiger partial charge is 0.398 e. The quantitative estimate of drug-likeness (QED) is 0.654. The van der Waals surface area contributed by atoms with Gasteiger partial charge in [-0.25, -0.2) is 0 Å². The first kappa shape index (κ1) is 3.15. The van der Waals surface area contributed by atoms with Crippen molar-refractivity contribution in [3.63, 3.8) is 0 Å². The SMILES string of the molecule is [2H]C([2H])([2H])N(Cc1ccccc1N)C([2H])([2H])[2H]. The van der Waals surface area contributed by atoms with Gasteiger partial charge >= 0.3 is 0 Å². The molecule has 11 heavy (non-hydrogen) atoms. The molecule has 2 nitrogen and oxygen atoms in total. The molecule has 0 aliphatic carbocycles. The number of para-hydroxylation sites is 1. The number of hydrogen-bond donors (Lipinski definition) is 1. The fourth-order valence-electron chi connectivity index (χ4n) is 0.849. The Morgan fingerprint density at radius 1 is 1.45 bits per heavy atom. The zero-order valence-electron chi connectivity index (χ0n) is 12.0. The van der Waals surface area contributed by atoms with E-state index in [0.717, 1.165) is 0 Å². The summed E-state index contributed by atoms with van der Waals surface area (Å²) < 4.78 is 43.3. The van der Waals surface area contributed by atoms with Gasteiger partial charge in [-0.05, 0) is 25.6 Å². The molecule has 2 N–H and O–H groups in total. The van der Waals surface area contributed by atoms with Crippen LogP contribution in [0.15, 0.2) is 24.3 Å². The fourth-order valence-corrected chi connectivity index (χ4v) is 0.849. The lowest BCUT2D eigenvalue weighted by molar-refractivity contribution is 0.403. The van der Waals surface area contributed by atoms with E-state index >= 15 is 0 Å². The summed E-state index contributed by atoms with van der Waals surface area (Å²) in [5.41, 5.74) is 6.53. The molecular weight excluding hydrogens is 136 g/mol. The molecule has 0 fully saturated rings. The van der Waals surface area contributed by atoms with E-state index in [1.54, 1.807) is 24.3 Å². The normalized spacial score (nSPS) is 20.8. The predicted octanol–water partition coefficient (Wildman–Crippen LogP) is 1.33. The van der Waals surface area contributed by atoms with Crippen LogP contribution >= 0.6 is 0 Å². The third-order valence-electron chi connectivity index (χ3n) is 1.38. The molecule has 0 bridgehead atoms. The van der Waals surface area contributed by atoms with Gasteiger partial charge in [-0.1, -0.05) is 18.2 Å². The average Bonchev–Trinajstić information content (AvgIpc) is 2.12. The summed E-state index contributed by atoms with van der Waals surface area (Å²) in [6, 6.07) is 6.60. The van der Waals surface area contributed by atoms with Crippen LogP contribution in [-0.2, 0) is 6.54 Å². The summed E-state index contributed by atoms with van der Waals surface area (Å²) in [4.78, 5) is 0.478. The van der Waals surface area contributed by atoms with Crippen LogP contribution in [0.2, 0.25) is 0 Å². The minimum Gasteiger partial charge on any atom is -0.398 e. The van der Waals surface area contributed by atoms with Crippen LogP contribution in [0.4, 0.5) is 5.69 Å². The van der Waals surface area contributed by atoms with Gasteiger partial charge in [-0.15, -0.1) is 0 Å². The zero-order chi connectivity index (χ0) is 13.3. The van der Waals surface area contributed by atoms with Crippen molar-refractivity contribution in [2.75, 3.05) is 19.7 Å². The third kappa shape index (κ3) is 2.24. The molecule has 0 amide bonds. The van der Waals surface area contributed by atoms with Crippen LogP contribution in [0.3, 0.4) is 0 Å². The topological polar surface area (TPSA) is 29.3 Å². The van der Waals surface area contributed by atoms with Gasteiger partial charge in [-0.3, -0.25) is 0 Å². The lowest BCUT2D eigenvalue weighted by Gasteiger charge is -2.10. The van der Waals surface area contributed by atoms with Gasteiger partial charge in [0.15, 0.2) is 0 Å². The maximum absolute atomic E-state index is 7.22. The number of nitrogens with two attached hydrogens (primary N) is 1. The number of anilines is 1. The van der Waals surface area contributed by atoms with Crippen molar-refractivity contribution >= 4 is 5.69 Å². The first-order chi connectivity index (χ1) is 7.62. The molecule has 0 saturated heterocycles. The van der Waals surface area contributed by atoms with Crippen LogP contribution in [0.25, 0.3) is 0 Å². The van der Waals surface area contributed by atoms with Gasteiger partial charge in [0.05, 0.1) is 0 Å². The smallest absolute Gasteiger partial charge is 0.0394 e. The van der Waals surface area contributed by atoms with E-state index in [-0.39, 0.29) is 6.54 Å². The number of nitrogen functional groups attached to an aromatic ring is 1. The Labute approximate surface area is 76.1 Å². The van der Waals surface area contributed by atoms with Crippen LogP contribution < -0.4 is 5.73 Å². The van der Waals surface area contributed by atoms with Crippen LogP contribution in [0.1, 0.15) is 13.8 Å². The van der Waals surface area contributed by atoms with Crippen LogP contribution in [0.5, 0.6) is 0 Å². The second-order valence-electron chi connectivity index (χ2n) is 2.28. The predicted molar refractivity (Wildman–Crippen MR) is 48.2 cm³/mol. The van der Waals surface area contributed by atoms with E-state index in [9.17, 15) is 0 Å². The molecule has 0 saturated carbocycles. The first-order valence-electron chi connectivity index (χ1n) is 6.23. The molecule has 2 heteroatoms. The third-order valence-corrected chi connectivity index (χ3v) is 1.38. The van der Waals surface area contributed by atoms with Crippen molar-refractivity contribution in [3.8, 4) is 0 Å². The van der Waals surface area contributed by atoms with Crippen molar-refractivity contribution in [2.45, 2.75) is 6.54 Å². The molecule has 1 aromatic rings. The maximum Gasteiger partial charge on any atom is 0.0394 e. The molecule has 1 aromatic carbocycles. The molecule has 0 heterocycles. The molecular formula is C9H14N2. The van der Waals surface area contributed by atoms with Gasteiger partial charge in [0.2, 0.25) is 0 Å². The Hall–Kier alpha value is -1.02. The summed E-state index contributed by atoms with van der Waals surface area (Å²) >= 11 is 0. The minimum atomic E-state index is -2.69. The molecule has 0 atom stereocenters. The molecule has 1 rings (SSSR count). The Morgan fingerprint density at radius 3 is 2.82 bits per heavy atom. The van der Waals surface area contributed by atoms with E-state index in [4.69, 9.17) is 14.0 Å². The summed E-state index contributed by atoms with van der Waals surface area (Å²) in [5, 5.41) is 0. The molecule has 0 aliphatic heterocycles. The lowest BCUT2D eigenvalue weighted by Crippen LogP contribution is -2.11. The highest BCUT2D eigenvalue weighted by Crippen LogP contribution is 2.11. The highest BCUT2D eigenvalue weighted by molar-refractivity contribution is 5.46. The molecule has 60 valence electrons. The maximum atomic E-state index is 7.22. The second kappa shape index (κ2) is 3.39. The summed E-state index contributed by atoms with van der Waals surface area (Å²) in [6.45, 7) is -5.61. The van der Waals surface area contributed by atoms with Gasteiger partial charge in [0, 0.05) is 20.5 Å². The number of hydrogen-bond acceptors (Lipinski definition) is 2. The van der Waals surface area contributed by atoms with Crippen molar-refractivity contribution in [3.05, 3.63) is 29.8 Å². The van der Waals surface area contributed by atoms with E-state index in [1.165, 1.54) is 0 Å². The standard InChI is InChI=1S/C9H14N2/c1-11(2)7-8-5-3-4-6-9(8)10/h3-6H,7,10H2,1-2H3/i1D3,2D3. The van der Waals surface area contributed by atoms with Gasteiger partial charge in [-0.2, -0.15) is 0 Å². The van der Waals surface area contributed by atoms with Crippen LogP contribution in [-0.4, -0.2) is 18.9 Å². The van der Waals surface area contributed by atoms with Crippen molar-refractivity contribution in [2.24, 2.45) is 0 Å². The monoisotopic (exact) mass is 156 g/mol. The Kier molecular flexibility index (Phi) is 0.972. The second-order valence-corrected chi connectivity index (χ2v) is 2.28. The van der Waals surface area contributed by atoms with E-state index in [1.807, 2.05) is 0 Å². The highest BCUT2D eigenvalue weighted by atomic mass is 15.0. The number of rotatable bonds is 2.